The van der Waals surface area contributed by atoms with Crippen molar-refractivity contribution in [2.45, 2.75) is 45.7 Å². The van der Waals surface area contributed by atoms with Gasteiger partial charge < -0.3 is 9.64 Å². The molecule has 198 valence electrons. The predicted molar refractivity (Wildman–Crippen MR) is 153 cm³/mol. The fourth-order valence-electron chi connectivity index (χ4n) is 6.76. The lowest BCUT2D eigenvalue weighted by atomic mass is 9.63. The van der Waals surface area contributed by atoms with Gasteiger partial charge in [0.1, 0.15) is 11.2 Å². The molecule has 3 aliphatic rings. The molecular weight excluding hydrogens is 510 g/mol. The summed E-state index contributed by atoms with van der Waals surface area (Å²) < 4.78 is 6.06. The normalized spacial score (nSPS) is 22.6. The molecule has 0 radical (unpaired) electrons. The lowest BCUT2D eigenvalue weighted by Gasteiger charge is -2.38. The van der Waals surface area contributed by atoms with E-state index < -0.39 is 28.8 Å². The van der Waals surface area contributed by atoms with E-state index in [-0.39, 0.29) is 17.3 Å². The molecule has 1 spiro atoms. The Morgan fingerprint density at radius 2 is 1.62 bits per heavy atom. The van der Waals surface area contributed by atoms with Gasteiger partial charge in [-0.3, -0.25) is 14.4 Å². The molecule has 2 heterocycles. The first-order valence-electron chi connectivity index (χ1n) is 13.3. The molecule has 0 amide bonds. The van der Waals surface area contributed by atoms with Crippen molar-refractivity contribution in [2.24, 2.45) is 10.8 Å². The van der Waals surface area contributed by atoms with Crippen LogP contribution in [0.5, 0.6) is 5.75 Å². The van der Waals surface area contributed by atoms with Crippen LogP contribution in [0.2, 0.25) is 5.02 Å². The molecule has 6 heteroatoms. The number of fused-ring (bicyclic) bond motifs is 5. The molecule has 6 rings (SSSR count). The van der Waals surface area contributed by atoms with Gasteiger partial charge in [0.05, 0.1) is 18.7 Å². The average molecular weight is 540 g/mol. The molecule has 0 saturated carbocycles. The minimum Gasteiger partial charge on any atom is -0.494 e. The topological polar surface area (TPSA) is 63.7 Å². The maximum Gasteiger partial charge on any atom is 0.180 e. The first kappa shape index (κ1) is 25.6. The largest absolute Gasteiger partial charge is 0.494 e. The number of nitrogens with zero attached hydrogens (tertiary/aromatic N) is 1. The van der Waals surface area contributed by atoms with Crippen LogP contribution >= 0.6 is 11.6 Å². The Morgan fingerprint density at radius 1 is 0.974 bits per heavy atom. The highest BCUT2D eigenvalue weighted by Gasteiger charge is 2.72. The summed E-state index contributed by atoms with van der Waals surface area (Å²) in [5, 5.41) is 0.572. The number of carbonyl (C=O) groups is 3. The van der Waals surface area contributed by atoms with Gasteiger partial charge in [0.2, 0.25) is 0 Å². The van der Waals surface area contributed by atoms with E-state index in [1.54, 1.807) is 30.3 Å². The lowest BCUT2D eigenvalue weighted by molar-refractivity contribution is -0.127. The van der Waals surface area contributed by atoms with Crippen molar-refractivity contribution < 1.29 is 19.1 Å². The highest BCUT2D eigenvalue weighted by molar-refractivity contribution is 6.32. The summed E-state index contributed by atoms with van der Waals surface area (Å²) in [4.78, 5) is 45.9. The number of anilines is 1. The molecule has 3 atom stereocenters. The van der Waals surface area contributed by atoms with Crippen molar-refractivity contribution in [2.75, 3.05) is 11.5 Å². The summed E-state index contributed by atoms with van der Waals surface area (Å²) in [6.07, 6.45) is 3.83. The third kappa shape index (κ3) is 3.49. The molecule has 39 heavy (non-hydrogen) atoms. The van der Waals surface area contributed by atoms with Crippen molar-refractivity contribution in [3.8, 4) is 5.75 Å². The van der Waals surface area contributed by atoms with Crippen molar-refractivity contribution in [3.63, 3.8) is 0 Å². The van der Waals surface area contributed by atoms with E-state index in [1.165, 1.54) is 0 Å². The molecule has 3 aromatic carbocycles. The van der Waals surface area contributed by atoms with E-state index >= 15 is 0 Å². The molecule has 1 fully saturated rings. The fourth-order valence-corrected chi connectivity index (χ4v) is 6.94. The summed E-state index contributed by atoms with van der Waals surface area (Å²) in [7, 11) is 0. The van der Waals surface area contributed by atoms with Crippen LogP contribution in [0.1, 0.15) is 65.5 Å². The Labute approximate surface area is 233 Å². The van der Waals surface area contributed by atoms with Crippen LogP contribution < -0.4 is 9.64 Å². The molecule has 0 unspecified atom stereocenters. The first-order chi connectivity index (χ1) is 18.6. The van der Waals surface area contributed by atoms with Crippen LogP contribution in [0, 0.1) is 10.8 Å². The van der Waals surface area contributed by atoms with Gasteiger partial charge in [0.15, 0.2) is 17.3 Å². The number of ether oxygens (including phenoxy) is 1. The number of ketones is 3. The van der Waals surface area contributed by atoms with Crippen LogP contribution in [0.4, 0.5) is 5.69 Å². The quantitative estimate of drug-likeness (QED) is 0.342. The number of carbonyl (C=O) groups excluding carboxylic acids is 3. The van der Waals surface area contributed by atoms with E-state index in [1.807, 2.05) is 81.1 Å². The second-order valence-electron chi connectivity index (χ2n) is 11.5. The number of Topliss-reactive ketones (excluding diaryl/α,β-unsaturated/α-hetero) is 3. The third-order valence-corrected chi connectivity index (χ3v) is 8.56. The van der Waals surface area contributed by atoms with Crippen LogP contribution in [-0.4, -0.2) is 36.0 Å². The van der Waals surface area contributed by atoms with Gasteiger partial charge in [0, 0.05) is 38.7 Å². The zero-order valence-electron chi connectivity index (χ0n) is 22.4. The average Bonchev–Trinajstić information content (AvgIpc) is 3.34. The number of benzene rings is 3. The van der Waals surface area contributed by atoms with E-state index in [9.17, 15) is 14.4 Å². The summed E-state index contributed by atoms with van der Waals surface area (Å²) in [6, 6.07) is 18.6. The SMILES string of the molecule is CCOc1ccccc1[C@@H]1[C@H](C(=O)C(C)(C)C)N2c3ccc(Cl)cc3C=C[C@@H]2C12C(=O)c1ccccc1C2=O. The maximum atomic E-state index is 14.7. The molecule has 1 saturated heterocycles. The number of hydrogen-bond acceptors (Lipinski definition) is 5. The van der Waals surface area contributed by atoms with Crippen LogP contribution in [0.25, 0.3) is 6.08 Å². The van der Waals surface area contributed by atoms with Crippen LogP contribution in [-0.2, 0) is 4.79 Å². The lowest BCUT2D eigenvalue weighted by Crippen LogP contribution is -2.49. The molecular formula is C33H30ClNO4. The minimum absolute atomic E-state index is 0.0477. The number of hydrogen-bond donors (Lipinski definition) is 0. The summed E-state index contributed by atoms with van der Waals surface area (Å²) in [5.74, 6) is -0.752. The third-order valence-electron chi connectivity index (χ3n) is 8.33. The second-order valence-corrected chi connectivity index (χ2v) is 11.9. The van der Waals surface area contributed by atoms with E-state index in [2.05, 4.69) is 0 Å². The van der Waals surface area contributed by atoms with Gasteiger partial charge in [0.25, 0.3) is 0 Å². The van der Waals surface area contributed by atoms with Gasteiger partial charge in [-0.25, -0.2) is 0 Å². The van der Waals surface area contributed by atoms with E-state index in [0.717, 1.165) is 11.3 Å². The summed E-state index contributed by atoms with van der Waals surface area (Å²) in [5.41, 5.74) is 0.827. The molecule has 0 N–H and O–H groups in total. The second kappa shape index (κ2) is 8.92. The zero-order chi connectivity index (χ0) is 27.7. The number of para-hydroxylation sites is 1. The van der Waals surface area contributed by atoms with Crippen LogP contribution in [0.3, 0.4) is 0 Å². The molecule has 2 aliphatic heterocycles. The van der Waals surface area contributed by atoms with Gasteiger partial charge in [-0.1, -0.05) is 87.0 Å². The fraction of sp³-hybridized carbons (Fsp3) is 0.303. The predicted octanol–water partition coefficient (Wildman–Crippen LogP) is 6.79. The highest BCUT2D eigenvalue weighted by Crippen LogP contribution is 2.62. The van der Waals surface area contributed by atoms with Crippen molar-refractivity contribution in [1.82, 2.24) is 0 Å². The van der Waals surface area contributed by atoms with Gasteiger partial charge in [-0.2, -0.15) is 0 Å². The van der Waals surface area contributed by atoms with Crippen molar-refractivity contribution >= 4 is 40.7 Å². The van der Waals surface area contributed by atoms with Gasteiger partial charge in [-0.05, 0) is 36.8 Å². The monoisotopic (exact) mass is 539 g/mol. The summed E-state index contributed by atoms with van der Waals surface area (Å²) >= 11 is 6.35. The Bertz CT molecular complexity index is 1530. The number of halogens is 1. The van der Waals surface area contributed by atoms with Crippen molar-refractivity contribution in [1.29, 1.82) is 0 Å². The van der Waals surface area contributed by atoms with Gasteiger partial charge in [-0.15, -0.1) is 0 Å². The Balaban J connectivity index is 1.72. The smallest absolute Gasteiger partial charge is 0.180 e. The Hall–Kier alpha value is -3.70. The van der Waals surface area contributed by atoms with E-state index in [4.69, 9.17) is 16.3 Å². The molecule has 5 nitrogen and oxygen atoms in total. The Morgan fingerprint density at radius 3 is 2.26 bits per heavy atom. The molecule has 3 aromatic rings. The Kier molecular flexibility index (Phi) is 5.85. The molecule has 0 aromatic heterocycles. The van der Waals surface area contributed by atoms with Gasteiger partial charge >= 0.3 is 0 Å². The maximum absolute atomic E-state index is 14.7. The standard InChI is InChI=1S/C33H30ClNO4/c1-5-39-25-13-9-8-12-23(25)27-28(31(38)32(2,3)4)35-24-16-15-20(34)18-19(24)14-17-26(35)33(27)29(36)21-10-6-7-11-22(21)30(33)37/h6-18,26-28H,5H2,1-4H3/t26-,27-,28-/m1/s1. The zero-order valence-corrected chi connectivity index (χ0v) is 23.2. The van der Waals surface area contributed by atoms with Crippen LogP contribution in [0.15, 0.2) is 72.8 Å². The number of rotatable bonds is 4. The molecule has 0 bridgehead atoms. The molecule has 1 aliphatic carbocycles. The first-order valence-corrected chi connectivity index (χ1v) is 13.7. The van der Waals surface area contributed by atoms with E-state index in [0.29, 0.717) is 34.1 Å². The minimum atomic E-state index is -1.55. The summed E-state index contributed by atoms with van der Waals surface area (Å²) in [6.45, 7) is 7.96. The highest BCUT2D eigenvalue weighted by atomic mass is 35.5. The van der Waals surface area contributed by atoms with Crippen molar-refractivity contribution in [3.05, 3.63) is 100 Å².